The molecule has 3 rings (SSSR count). The van der Waals surface area contributed by atoms with Gasteiger partial charge in [0.2, 0.25) is 0 Å². The van der Waals surface area contributed by atoms with E-state index >= 15 is 0 Å². The topological polar surface area (TPSA) is 51.0 Å². The second-order valence-corrected chi connectivity index (χ2v) is 6.28. The van der Waals surface area contributed by atoms with E-state index in [0.717, 1.165) is 11.3 Å². The number of halogens is 1. The molecule has 0 bridgehead atoms. The second kappa shape index (κ2) is 7.94. The fraction of sp³-hybridized carbons (Fsp3) is 0.211. The summed E-state index contributed by atoms with van der Waals surface area (Å²) in [5.74, 6) is -0.0485. The molecule has 0 aliphatic heterocycles. The van der Waals surface area contributed by atoms with Gasteiger partial charge in [-0.3, -0.25) is 9.78 Å². The van der Waals surface area contributed by atoms with Gasteiger partial charge >= 0.3 is 0 Å². The molecule has 0 radical (unpaired) electrons. The Kier molecular flexibility index (Phi) is 5.46. The normalized spacial score (nSPS) is 10.6. The first kappa shape index (κ1) is 17.2. The summed E-state index contributed by atoms with van der Waals surface area (Å²) in [4.78, 5) is 23.0. The van der Waals surface area contributed by atoms with Gasteiger partial charge in [0.1, 0.15) is 0 Å². The third-order valence-electron chi connectivity index (χ3n) is 3.90. The van der Waals surface area contributed by atoms with Crippen molar-refractivity contribution in [3.63, 3.8) is 0 Å². The van der Waals surface area contributed by atoms with Gasteiger partial charge in [0.05, 0.1) is 11.9 Å². The molecule has 1 amide bonds. The van der Waals surface area contributed by atoms with Gasteiger partial charge < -0.3 is 9.47 Å². The third-order valence-corrected chi connectivity index (χ3v) is 4.13. The summed E-state index contributed by atoms with van der Waals surface area (Å²) in [6, 6.07) is 11.2. The van der Waals surface area contributed by atoms with Crippen LogP contribution in [0.5, 0.6) is 0 Å². The Morgan fingerprint density at radius 2 is 2.16 bits per heavy atom. The van der Waals surface area contributed by atoms with E-state index in [9.17, 15) is 4.79 Å². The molecule has 0 fully saturated rings. The highest BCUT2D eigenvalue weighted by molar-refractivity contribution is 6.30. The molecule has 0 aliphatic carbocycles. The number of aromatic nitrogens is 3. The molecule has 0 N–H and O–H groups in total. The lowest BCUT2D eigenvalue weighted by molar-refractivity contribution is 0.0736. The van der Waals surface area contributed by atoms with Crippen molar-refractivity contribution in [2.75, 3.05) is 6.54 Å². The van der Waals surface area contributed by atoms with Gasteiger partial charge in [0.15, 0.2) is 0 Å². The van der Waals surface area contributed by atoms with Crippen LogP contribution in [0.25, 0.3) is 0 Å². The quantitative estimate of drug-likeness (QED) is 0.679. The number of carbonyl (C=O) groups is 1. The van der Waals surface area contributed by atoms with Crippen LogP contribution in [0, 0.1) is 6.92 Å². The molecule has 25 heavy (non-hydrogen) atoms. The van der Waals surface area contributed by atoms with Crippen LogP contribution in [0.2, 0.25) is 5.02 Å². The smallest absolute Gasteiger partial charge is 0.255 e. The number of rotatable bonds is 6. The standard InChI is InChI=1S/C19H19ClN4O/c1-15-5-6-17(12-22-15)19(25)24(10-9-23-8-7-21-14-23)13-16-3-2-4-18(20)11-16/h2-8,11-12,14H,9-10,13H2,1H3. The number of benzene rings is 1. The summed E-state index contributed by atoms with van der Waals surface area (Å²) in [6.45, 7) is 3.63. The van der Waals surface area contributed by atoms with E-state index in [1.807, 2.05) is 54.1 Å². The van der Waals surface area contributed by atoms with Crippen molar-refractivity contribution in [1.29, 1.82) is 0 Å². The van der Waals surface area contributed by atoms with Gasteiger partial charge in [-0.15, -0.1) is 0 Å². The molecule has 128 valence electrons. The van der Waals surface area contributed by atoms with Gasteiger partial charge in [-0.2, -0.15) is 0 Å². The zero-order valence-electron chi connectivity index (χ0n) is 14.0. The monoisotopic (exact) mass is 354 g/mol. The Morgan fingerprint density at radius 3 is 2.84 bits per heavy atom. The first-order valence-corrected chi connectivity index (χ1v) is 8.42. The van der Waals surface area contributed by atoms with Crippen LogP contribution in [0.1, 0.15) is 21.6 Å². The van der Waals surface area contributed by atoms with Gasteiger partial charge in [-0.1, -0.05) is 23.7 Å². The molecule has 2 aromatic heterocycles. The Morgan fingerprint density at radius 1 is 1.28 bits per heavy atom. The summed E-state index contributed by atoms with van der Waals surface area (Å²) in [5.41, 5.74) is 2.46. The fourth-order valence-corrected chi connectivity index (χ4v) is 2.75. The van der Waals surface area contributed by atoms with E-state index in [4.69, 9.17) is 11.6 Å². The molecule has 0 saturated carbocycles. The van der Waals surface area contributed by atoms with Crippen LogP contribution in [0.3, 0.4) is 0 Å². The molecule has 0 aliphatic rings. The minimum atomic E-state index is -0.0485. The van der Waals surface area contributed by atoms with Crippen LogP contribution in [0.4, 0.5) is 0 Å². The summed E-state index contributed by atoms with van der Waals surface area (Å²) in [7, 11) is 0. The van der Waals surface area contributed by atoms with Crippen molar-refractivity contribution < 1.29 is 4.79 Å². The van der Waals surface area contributed by atoms with Gasteiger partial charge in [0.25, 0.3) is 5.91 Å². The van der Waals surface area contributed by atoms with Crippen molar-refractivity contribution in [2.45, 2.75) is 20.0 Å². The first-order chi connectivity index (χ1) is 12.1. The lowest BCUT2D eigenvalue weighted by Crippen LogP contribution is -2.33. The van der Waals surface area contributed by atoms with Gasteiger partial charge in [-0.25, -0.2) is 4.98 Å². The lowest BCUT2D eigenvalue weighted by atomic mass is 10.1. The summed E-state index contributed by atoms with van der Waals surface area (Å²) < 4.78 is 1.95. The number of nitrogens with zero attached hydrogens (tertiary/aromatic N) is 4. The predicted octanol–water partition coefficient (Wildman–Crippen LogP) is 3.58. The third kappa shape index (κ3) is 4.67. The molecule has 0 unspecified atom stereocenters. The minimum absolute atomic E-state index is 0.0485. The summed E-state index contributed by atoms with van der Waals surface area (Å²) in [6.07, 6.45) is 6.98. The van der Waals surface area contributed by atoms with E-state index < -0.39 is 0 Å². The Balaban J connectivity index is 1.79. The fourth-order valence-electron chi connectivity index (χ4n) is 2.54. The van der Waals surface area contributed by atoms with Crippen LogP contribution < -0.4 is 0 Å². The van der Waals surface area contributed by atoms with Crippen molar-refractivity contribution >= 4 is 17.5 Å². The first-order valence-electron chi connectivity index (χ1n) is 8.04. The zero-order chi connectivity index (χ0) is 17.6. The molecule has 6 heteroatoms. The number of amides is 1. The Hall–Kier alpha value is -2.66. The van der Waals surface area contributed by atoms with Crippen LogP contribution in [0.15, 0.2) is 61.3 Å². The number of hydrogen-bond acceptors (Lipinski definition) is 3. The molecule has 2 heterocycles. The minimum Gasteiger partial charge on any atom is -0.336 e. The molecular formula is C19H19ClN4O. The highest BCUT2D eigenvalue weighted by Crippen LogP contribution is 2.15. The van der Waals surface area contributed by atoms with Gasteiger partial charge in [-0.05, 0) is 36.8 Å². The van der Waals surface area contributed by atoms with Crippen molar-refractivity contribution in [3.05, 3.63) is 83.2 Å². The number of hydrogen-bond donors (Lipinski definition) is 0. The maximum atomic E-state index is 12.9. The highest BCUT2D eigenvalue weighted by atomic mass is 35.5. The van der Waals surface area contributed by atoms with E-state index in [2.05, 4.69) is 9.97 Å². The van der Waals surface area contributed by atoms with Crippen LogP contribution in [-0.4, -0.2) is 31.9 Å². The second-order valence-electron chi connectivity index (χ2n) is 5.85. The van der Waals surface area contributed by atoms with Crippen molar-refractivity contribution in [2.24, 2.45) is 0 Å². The molecule has 5 nitrogen and oxygen atoms in total. The SMILES string of the molecule is Cc1ccc(C(=O)N(CCn2ccnc2)Cc2cccc(Cl)c2)cn1. The average Bonchev–Trinajstić information content (AvgIpc) is 3.12. The van der Waals surface area contributed by atoms with E-state index in [1.54, 1.807) is 23.6 Å². The number of carbonyl (C=O) groups excluding carboxylic acids is 1. The van der Waals surface area contributed by atoms with Crippen LogP contribution >= 0.6 is 11.6 Å². The van der Waals surface area contributed by atoms with E-state index in [-0.39, 0.29) is 5.91 Å². The molecule has 1 aromatic carbocycles. The number of pyridine rings is 1. The highest BCUT2D eigenvalue weighted by Gasteiger charge is 2.16. The van der Waals surface area contributed by atoms with Crippen molar-refractivity contribution in [3.8, 4) is 0 Å². The zero-order valence-corrected chi connectivity index (χ0v) is 14.7. The summed E-state index contributed by atoms with van der Waals surface area (Å²) in [5, 5.41) is 0.663. The van der Waals surface area contributed by atoms with Crippen molar-refractivity contribution in [1.82, 2.24) is 19.4 Å². The Bertz CT molecular complexity index is 831. The molecular weight excluding hydrogens is 336 g/mol. The molecule has 0 atom stereocenters. The summed E-state index contributed by atoms with van der Waals surface area (Å²) >= 11 is 6.07. The molecule has 0 spiro atoms. The number of aryl methyl sites for hydroxylation is 1. The lowest BCUT2D eigenvalue weighted by Gasteiger charge is -2.23. The maximum Gasteiger partial charge on any atom is 0.255 e. The van der Waals surface area contributed by atoms with E-state index in [1.165, 1.54) is 0 Å². The predicted molar refractivity (Wildman–Crippen MR) is 97.4 cm³/mol. The van der Waals surface area contributed by atoms with Gasteiger partial charge in [0, 0.05) is 48.9 Å². The number of imidazole rings is 1. The largest absolute Gasteiger partial charge is 0.336 e. The van der Waals surface area contributed by atoms with E-state index in [0.29, 0.717) is 30.2 Å². The molecule has 0 saturated heterocycles. The molecule has 3 aromatic rings. The Labute approximate surface area is 151 Å². The maximum absolute atomic E-state index is 12.9. The average molecular weight is 355 g/mol. The van der Waals surface area contributed by atoms with Crippen LogP contribution in [-0.2, 0) is 13.1 Å².